The number of carboxylic acid groups (broad SMARTS) is 1. The van der Waals surface area contributed by atoms with Crippen molar-refractivity contribution in [2.24, 2.45) is 0 Å². The minimum absolute atomic E-state index is 0.0950. The van der Waals surface area contributed by atoms with Gasteiger partial charge in [-0.1, -0.05) is 74.8 Å². The van der Waals surface area contributed by atoms with Crippen LogP contribution in [0.5, 0.6) is 0 Å². The van der Waals surface area contributed by atoms with Crippen LogP contribution in [0.25, 0.3) is 0 Å². The normalized spacial score (nSPS) is 14.1. The number of aliphatic carboxylic acids is 1. The van der Waals surface area contributed by atoms with E-state index in [0.29, 0.717) is 6.42 Å². The van der Waals surface area contributed by atoms with Gasteiger partial charge in [-0.2, -0.15) is 0 Å². The number of methoxy groups -OCH3 is 1. The molecule has 0 fully saturated rings. The molecule has 29 heavy (non-hydrogen) atoms. The van der Waals surface area contributed by atoms with Gasteiger partial charge in [0.05, 0.1) is 0 Å². The average molecular weight is 409 g/mol. The number of allylic oxidation sites excluding steroid dienone is 7. The Kier molecular flexibility index (Phi) is 17.3. The van der Waals surface area contributed by atoms with Crippen molar-refractivity contribution in [3.05, 3.63) is 48.6 Å². The van der Waals surface area contributed by atoms with Gasteiger partial charge in [-0.25, -0.2) is 9.78 Å². The summed E-state index contributed by atoms with van der Waals surface area (Å²) in [7, 11) is 1.59. The van der Waals surface area contributed by atoms with Crippen molar-refractivity contribution in [3.8, 4) is 0 Å². The molecule has 1 N–H and O–H groups in total. The standard InChI is InChI=1S/C24H40O5/c1-5-6-16-19-22(28-29-24(2,3)27-4)20-17-14-12-10-8-7-9-11-13-15-18-21-23(25)26/h7-8,11-14,17,20,22H,5-6,9-10,15-16,18-19,21H2,1-4H3,(H,25,26)/b8-7-,13-11-,14-12-,20-17+. The largest absolute Gasteiger partial charge is 0.481 e. The Morgan fingerprint density at radius 2 is 1.69 bits per heavy atom. The molecule has 0 saturated carbocycles. The number of carboxylic acids is 1. The van der Waals surface area contributed by atoms with E-state index in [4.69, 9.17) is 19.6 Å². The number of ether oxygens (including phenoxy) is 1. The lowest BCUT2D eigenvalue weighted by molar-refractivity contribution is -0.425. The first-order valence-electron chi connectivity index (χ1n) is 10.7. The van der Waals surface area contributed by atoms with Crippen molar-refractivity contribution in [2.45, 2.75) is 90.4 Å². The Morgan fingerprint density at radius 3 is 2.34 bits per heavy atom. The predicted octanol–water partition coefficient (Wildman–Crippen LogP) is 6.53. The Morgan fingerprint density at radius 1 is 1.00 bits per heavy atom. The maximum atomic E-state index is 10.4. The molecule has 0 aliphatic heterocycles. The molecule has 1 atom stereocenters. The van der Waals surface area contributed by atoms with Gasteiger partial charge >= 0.3 is 5.97 Å². The van der Waals surface area contributed by atoms with Gasteiger partial charge in [0.1, 0.15) is 6.10 Å². The van der Waals surface area contributed by atoms with E-state index >= 15 is 0 Å². The topological polar surface area (TPSA) is 65.0 Å². The fourth-order valence-corrected chi connectivity index (χ4v) is 2.26. The van der Waals surface area contributed by atoms with Gasteiger partial charge < -0.3 is 9.84 Å². The molecule has 1 unspecified atom stereocenters. The number of rotatable bonds is 18. The SMILES string of the molecule is CCCCCC(/C=C/C=C\C/C=C\C/C=C\CCCC(=O)O)OOC(C)(C)OC. The lowest BCUT2D eigenvalue weighted by Crippen LogP contribution is -2.29. The van der Waals surface area contributed by atoms with E-state index in [0.717, 1.165) is 32.1 Å². The van der Waals surface area contributed by atoms with Crippen LogP contribution in [-0.4, -0.2) is 30.1 Å². The molecule has 166 valence electrons. The second kappa shape index (κ2) is 18.3. The van der Waals surface area contributed by atoms with Crippen molar-refractivity contribution >= 4 is 5.97 Å². The molecule has 0 spiro atoms. The number of carbonyl (C=O) groups is 1. The summed E-state index contributed by atoms with van der Waals surface area (Å²) in [6.07, 6.45) is 24.2. The first-order chi connectivity index (χ1) is 13.9. The van der Waals surface area contributed by atoms with Crippen molar-refractivity contribution in [1.82, 2.24) is 0 Å². The highest BCUT2D eigenvalue weighted by Gasteiger charge is 2.20. The van der Waals surface area contributed by atoms with Crippen LogP contribution in [0.15, 0.2) is 48.6 Å². The maximum Gasteiger partial charge on any atom is 0.303 e. The van der Waals surface area contributed by atoms with Gasteiger partial charge in [0.2, 0.25) is 0 Å². The van der Waals surface area contributed by atoms with Crippen LogP contribution in [0.4, 0.5) is 0 Å². The Balaban J connectivity index is 4.14. The lowest BCUT2D eigenvalue weighted by atomic mass is 10.1. The van der Waals surface area contributed by atoms with Crippen LogP contribution in [0.2, 0.25) is 0 Å². The fraction of sp³-hybridized carbons (Fsp3) is 0.625. The van der Waals surface area contributed by atoms with Crippen LogP contribution in [0.1, 0.15) is 78.6 Å². The first kappa shape index (κ1) is 27.3. The zero-order valence-electron chi connectivity index (χ0n) is 18.6. The van der Waals surface area contributed by atoms with Crippen LogP contribution < -0.4 is 0 Å². The highest BCUT2D eigenvalue weighted by Crippen LogP contribution is 2.15. The third-order valence-corrected chi connectivity index (χ3v) is 4.17. The maximum absolute atomic E-state index is 10.4. The first-order valence-corrected chi connectivity index (χ1v) is 10.7. The quantitative estimate of drug-likeness (QED) is 0.0698. The summed E-state index contributed by atoms with van der Waals surface area (Å²) in [5.41, 5.74) is 0. The molecule has 0 heterocycles. The molecule has 0 aromatic carbocycles. The molecule has 0 amide bonds. The monoisotopic (exact) mass is 408 g/mol. The molecule has 5 nitrogen and oxygen atoms in total. The van der Waals surface area contributed by atoms with E-state index in [9.17, 15) is 4.79 Å². The van der Waals surface area contributed by atoms with Crippen molar-refractivity contribution < 1.29 is 24.4 Å². The van der Waals surface area contributed by atoms with E-state index in [1.807, 2.05) is 38.2 Å². The summed E-state index contributed by atoms with van der Waals surface area (Å²) in [6.45, 7) is 5.82. The summed E-state index contributed by atoms with van der Waals surface area (Å²) in [4.78, 5) is 21.4. The summed E-state index contributed by atoms with van der Waals surface area (Å²) >= 11 is 0. The minimum atomic E-state index is -0.762. The smallest absolute Gasteiger partial charge is 0.303 e. The molecule has 0 bridgehead atoms. The summed E-state index contributed by atoms with van der Waals surface area (Å²) < 4.78 is 5.22. The fourth-order valence-electron chi connectivity index (χ4n) is 2.26. The molecule has 0 rings (SSSR count). The molecular formula is C24H40O5. The summed E-state index contributed by atoms with van der Waals surface area (Å²) in [5, 5.41) is 8.56. The van der Waals surface area contributed by atoms with Crippen LogP contribution in [-0.2, 0) is 19.3 Å². The zero-order chi connectivity index (χ0) is 21.8. The molecule has 0 aromatic rings. The highest BCUT2D eigenvalue weighted by atomic mass is 17.2. The Hall–Kier alpha value is -1.69. The van der Waals surface area contributed by atoms with Gasteiger partial charge in [-0.05, 0) is 46.0 Å². The van der Waals surface area contributed by atoms with Crippen molar-refractivity contribution in [2.75, 3.05) is 7.11 Å². The van der Waals surface area contributed by atoms with Gasteiger partial charge in [0, 0.05) is 13.5 Å². The number of unbranched alkanes of at least 4 members (excludes halogenated alkanes) is 3. The van der Waals surface area contributed by atoms with Gasteiger partial charge in [-0.15, -0.1) is 0 Å². The molecule has 0 aliphatic carbocycles. The van der Waals surface area contributed by atoms with Gasteiger partial charge in [0.15, 0.2) is 5.79 Å². The second-order valence-electron chi connectivity index (χ2n) is 7.33. The summed E-state index contributed by atoms with van der Waals surface area (Å²) in [6, 6.07) is 0. The van der Waals surface area contributed by atoms with Gasteiger partial charge in [-0.3, -0.25) is 4.79 Å². The van der Waals surface area contributed by atoms with E-state index in [1.54, 1.807) is 7.11 Å². The van der Waals surface area contributed by atoms with E-state index in [2.05, 4.69) is 31.2 Å². The molecule has 5 heteroatoms. The number of hydrogen-bond acceptors (Lipinski definition) is 4. The second-order valence-corrected chi connectivity index (χ2v) is 7.33. The van der Waals surface area contributed by atoms with E-state index in [1.165, 1.54) is 12.8 Å². The predicted molar refractivity (Wildman–Crippen MR) is 118 cm³/mol. The molecule has 0 aliphatic rings. The molecule has 0 aromatic heterocycles. The minimum Gasteiger partial charge on any atom is -0.481 e. The third kappa shape index (κ3) is 19.4. The zero-order valence-corrected chi connectivity index (χ0v) is 18.6. The summed E-state index contributed by atoms with van der Waals surface area (Å²) in [5.74, 6) is -1.49. The highest BCUT2D eigenvalue weighted by molar-refractivity contribution is 5.66. The third-order valence-electron chi connectivity index (χ3n) is 4.17. The molecule has 0 saturated heterocycles. The van der Waals surface area contributed by atoms with Crippen LogP contribution in [0, 0.1) is 0 Å². The van der Waals surface area contributed by atoms with Crippen molar-refractivity contribution in [3.63, 3.8) is 0 Å². The van der Waals surface area contributed by atoms with E-state index in [-0.39, 0.29) is 12.5 Å². The van der Waals surface area contributed by atoms with Crippen molar-refractivity contribution in [1.29, 1.82) is 0 Å². The average Bonchev–Trinajstić information content (AvgIpc) is 2.69. The Bertz CT molecular complexity index is 517. The molecular weight excluding hydrogens is 368 g/mol. The number of hydrogen-bond donors (Lipinski definition) is 1. The van der Waals surface area contributed by atoms with Crippen LogP contribution in [0.3, 0.4) is 0 Å². The van der Waals surface area contributed by atoms with Crippen LogP contribution >= 0.6 is 0 Å². The van der Waals surface area contributed by atoms with E-state index < -0.39 is 11.8 Å². The Labute approximate surface area is 177 Å². The van der Waals surface area contributed by atoms with Gasteiger partial charge in [0.25, 0.3) is 0 Å². The lowest BCUT2D eigenvalue weighted by Gasteiger charge is -2.24. The molecule has 0 radical (unpaired) electrons.